The molecule has 4 nitrogen and oxygen atoms in total. The maximum Gasteiger partial charge on any atom is 0.337 e. The van der Waals surface area contributed by atoms with E-state index >= 15 is 0 Å². The van der Waals surface area contributed by atoms with Crippen molar-refractivity contribution in [1.29, 1.82) is 0 Å². The van der Waals surface area contributed by atoms with Crippen LogP contribution in [0.3, 0.4) is 0 Å². The molecule has 2 unspecified atom stereocenters. The first kappa shape index (κ1) is 13.9. The third kappa shape index (κ3) is 3.15. The molecule has 6 heteroatoms. The molecular weight excluding hydrogens is 251 g/mol. The van der Waals surface area contributed by atoms with Crippen LogP contribution < -0.4 is 0 Å². The van der Waals surface area contributed by atoms with E-state index in [2.05, 4.69) is 4.74 Å². The molecule has 2 atom stereocenters. The van der Waals surface area contributed by atoms with Crippen LogP contribution in [0.1, 0.15) is 17.2 Å². The summed E-state index contributed by atoms with van der Waals surface area (Å²) in [6, 6.07) is 3.79. The molecular formula is C11H12ClFO4. The Kier molecular flexibility index (Phi) is 4.86. The highest BCUT2D eigenvalue weighted by atomic mass is 35.5. The molecule has 0 aliphatic heterocycles. The summed E-state index contributed by atoms with van der Waals surface area (Å²) in [7, 11) is 1.08. The second kappa shape index (κ2) is 5.95. The molecule has 0 aliphatic carbocycles. The summed E-state index contributed by atoms with van der Waals surface area (Å²) in [6.07, 6.45) is -3.29. The fourth-order valence-electron chi connectivity index (χ4n) is 1.29. The van der Waals surface area contributed by atoms with Crippen LogP contribution in [0.2, 0.25) is 0 Å². The molecule has 0 saturated carbocycles. The van der Waals surface area contributed by atoms with Crippen LogP contribution >= 0.6 is 11.6 Å². The Hall–Kier alpha value is -1.17. The van der Waals surface area contributed by atoms with Crippen molar-refractivity contribution in [3.63, 3.8) is 0 Å². The second-order valence-electron chi connectivity index (χ2n) is 3.40. The third-order valence-corrected chi connectivity index (χ3v) is 2.59. The minimum Gasteiger partial charge on any atom is -0.467 e. The summed E-state index contributed by atoms with van der Waals surface area (Å²) in [5.74, 6) is -1.59. The standard InChI is InChI=1S/C11H12ClFO4/c1-17-11(16)10(15)9(14)6-2-3-7(5-12)8(13)4-6/h2-4,9-10,14-15H,5H2,1H3. The number of esters is 1. The Bertz CT molecular complexity index is 410. The number of benzene rings is 1. The molecule has 0 spiro atoms. The van der Waals surface area contributed by atoms with E-state index in [9.17, 15) is 19.4 Å². The van der Waals surface area contributed by atoms with Gasteiger partial charge < -0.3 is 14.9 Å². The molecule has 0 radical (unpaired) electrons. The molecule has 0 amide bonds. The molecule has 0 bridgehead atoms. The van der Waals surface area contributed by atoms with E-state index < -0.39 is 24.0 Å². The van der Waals surface area contributed by atoms with Gasteiger partial charge in [0.1, 0.15) is 11.9 Å². The fraction of sp³-hybridized carbons (Fsp3) is 0.364. The molecule has 17 heavy (non-hydrogen) atoms. The molecule has 0 heterocycles. The predicted octanol–water partition coefficient (Wildman–Crippen LogP) is 1.13. The summed E-state index contributed by atoms with van der Waals surface area (Å²) < 4.78 is 17.6. The molecule has 1 rings (SSSR count). The Labute approximate surface area is 103 Å². The lowest BCUT2D eigenvalue weighted by Crippen LogP contribution is -2.29. The largest absolute Gasteiger partial charge is 0.467 e. The van der Waals surface area contributed by atoms with Crippen LogP contribution in [0, 0.1) is 5.82 Å². The number of ether oxygens (including phenoxy) is 1. The van der Waals surface area contributed by atoms with Gasteiger partial charge in [-0.2, -0.15) is 0 Å². The van der Waals surface area contributed by atoms with Gasteiger partial charge in [-0.1, -0.05) is 12.1 Å². The van der Waals surface area contributed by atoms with Gasteiger partial charge in [-0.05, 0) is 11.6 Å². The second-order valence-corrected chi connectivity index (χ2v) is 3.66. The van der Waals surface area contributed by atoms with Gasteiger partial charge in [0.05, 0.1) is 13.0 Å². The number of methoxy groups -OCH3 is 1. The summed E-state index contributed by atoms with van der Waals surface area (Å²) in [5, 5.41) is 19.0. The summed E-state index contributed by atoms with van der Waals surface area (Å²) in [5.41, 5.74) is 0.351. The summed E-state index contributed by atoms with van der Waals surface area (Å²) >= 11 is 5.47. The topological polar surface area (TPSA) is 66.8 Å². The lowest BCUT2D eigenvalue weighted by atomic mass is 10.0. The van der Waals surface area contributed by atoms with Gasteiger partial charge in [-0.25, -0.2) is 9.18 Å². The quantitative estimate of drug-likeness (QED) is 0.631. The summed E-state index contributed by atoms with van der Waals surface area (Å²) in [4.78, 5) is 11.0. The van der Waals surface area contributed by atoms with Gasteiger partial charge in [0.15, 0.2) is 6.10 Å². The number of rotatable bonds is 4. The summed E-state index contributed by atoms with van der Waals surface area (Å²) in [6.45, 7) is 0. The van der Waals surface area contributed by atoms with Crippen molar-refractivity contribution in [3.05, 3.63) is 35.1 Å². The molecule has 0 aromatic heterocycles. The van der Waals surface area contributed by atoms with Crippen molar-refractivity contribution in [2.45, 2.75) is 18.1 Å². The average Bonchev–Trinajstić information content (AvgIpc) is 2.35. The van der Waals surface area contributed by atoms with Crippen molar-refractivity contribution in [1.82, 2.24) is 0 Å². The van der Waals surface area contributed by atoms with E-state index in [4.69, 9.17) is 11.6 Å². The van der Waals surface area contributed by atoms with E-state index in [1.165, 1.54) is 12.1 Å². The normalized spacial score (nSPS) is 14.2. The molecule has 0 fully saturated rings. The van der Waals surface area contributed by atoms with Crippen LogP contribution in [0.25, 0.3) is 0 Å². The molecule has 1 aromatic rings. The van der Waals surface area contributed by atoms with E-state index in [1.54, 1.807) is 0 Å². The molecule has 1 aromatic carbocycles. The molecule has 94 valence electrons. The van der Waals surface area contributed by atoms with Crippen molar-refractivity contribution in [2.24, 2.45) is 0 Å². The third-order valence-electron chi connectivity index (χ3n) is 2.30. The lowest BCUT2D eigenvalue weighted by Gasteiger charge is -2.16. The van der Waals surface area contributed by atoms with Crippen LogP contribution in [-0.2, 0) is 15.4 Å². The zero-order chi connectivity index (χ0) is 13.0. The lowest BCUT2D eigenvalue weighted by molar-refractivity contribution is -0.156. The van der Waals surface area contributed by atoms with Gasteiger partial charge in [-0.3, -0.25) is 0 Å². The van der Waals surface area contributed by atoms with E-state index in [1.807, 2.05) is 0 Å². The Morgan fingerprint density at radius 2 is 2.18 bits per heavy atom. The number of carbonyl (C=O) groups excluding carboxylic acids is 1. The first-order valence-corrected chi connectivity index (χ1v) is 5.33. The minimum absolute atomic E-state index is 0.00175. The smallest absolute Gasteiger partial charge is 0.337 e. The Morgan fingerprint density at radius 3 is 2.65 bits per heavy atom. The van der Waals surface area contributed by atoms with Crippen molar-refractivity contribution in [3.8, 4) is 0 Å². The highest BCUT2D eigenvalue weighted by molar-refractivity contribution is 6.17. The van der Waals surface area contributed by atoms with Gasteiger partial charge in [0.2, 0.25) is 0 Å². The van der Waals surface area contributed by atoms with Crippen molar-refractivity contribution in [2.75, 3.05) is 7.11 Å². The Balaban J connectivity index is 2.93. The first-order chi connectivity index (χ1) is 8.01. The maximum absolute atomic E-state index is 13.4. The SMILES string of the molecule is COC(=O)C(O)C(O)c1ccc(CCl)c(F)c1. The van der Waals surface area contributed by atoms with Crippen LogP contribution in [-0.4, -0.2) is 29.4 Å². The number of carbonyl (C=O) groups is 1. The number of halogens is 2. The predicted molar refractivity (Wildman–Crippen MR) is 58.9 cm³/mol. The number of hydrogen-bond acceptors (Lipinski definition) is 4. The number of alkyl halides is 1. The van der Waals surface area contributed by atoms with E-state index in [0.29, 0.717) is 0 Å². The monoisotopic (exact) mass is 262 g/mol. The zero-order valence-electron chi connectivity index (χ0n) is 9.06. The van der Waals surface area contributed by atoms with Crippen LogP contribution in [0.5, 0.6) is 0 Å². The van der Waals surface area contributed by atoms with Crippen LogP contribution in [0.15, 0.2) is 18.2 Å². The van der Waals surface area contributed by atoms with Crippen LogP contribution in [0.4, 0.5) is 4.39 Å². The van der Waals surface area contributed by atoms with Gasteiger partial charge in [-0.15, -0.1) is 11.6 Å². The van der Waals surface area contributed by atoms with E-state index in [0.717, 1.165) is 13.2 Å². The number of hydrogen-bond donors (Lipinski definition) is 2. The number of aliphatic hydroxyl groups excluding tert-OH is 2. The highest BCUT2D eigenvalue weighted by Crippen LogP contribution is 2.21. The van der Waals surface area contributed by atoms with Gasteiger partial charge in [0, 0.05) is 5.56 Å². The zero-order valence-corrected chi connectivity index (χ0v) is 9.82. The average molecular weight is 263 g/mol. The molecule has 0 saturated heterocycles. The van der Waals surface area contributed by atoms with Crippen molar-refractivity contribution < 1.29 is 24.1 Å². The fourth-order valence-corrected chi connectivity index (χ4v) is 1.50. The first-order valence-electron chi connectivity index (χ1n) is 4.79. The highest BCUT2D eigenvalue weighted by Gasteiger charge is 2.26. The number of aliphatic hydroxyl groups is 2. The van der Waals surface area contributed by atoms with Gasteiger partial charge in [0.25, 0.3) is 0 Å². The molecule has 2 N–H and O–H groups in total. The maximum atomic E-state index is 13.4. The van der Waals surface area contributed by atoms with E-state index in [-0.39, 0.29) is 17.0 Å². The van der Waals surface area contributed by atoms with Gasteiger partial charge >= 0.3 is 5.97 Å². The molecule has 0 aliphatic rings. The minimum atomic E-state index is -1.75. The van der Waals surface area contributed by atoms with Crippen molar-refractivity contribution >= 4 is 17.6 Å². The Morgan fingerprint density at radius 1 is 1.53 bits per heavy atom.